The number of aromatic nitrogens is 2. The third-order valence-corrected chi connectivity index (χ3v) is 3.03. The van der Waals surface area contributed by atoms with Gasteiger partial charge in [0, 0.05) is 18.2 Å². The molecule has 0 saturated carbocycles. The number of anilines is 1. The van der Waals surface area contributed by atoms with Crippen LogP contribution in [0.2, 0.25) is 0 Å². The number of hydrogen-bond donors (Lipinski definition) is 2. The van der Waals surface area contributed by atoms with Gasteiger partial charge in [-0.1, -0.05) is 24.3 Å². The minimum absolute atomic E-state index is 0.986. The van der Waals surface area contributed by atoms with E-state index in [9.17, 15) is 0 Å². The number of nitrogens with zero attached hydrogens (tertiary/aromatic N) is 1. The van der Waals surface area contributed by atoms with Gasteiger partial charge in [0.05, 0.1) is 5.69 Å². The summed E-state index contributed by atoms with van der Waals surface area (Å²) in [4.78, 5) is 0. The fourth-order valence-corrected chi connectivity index (χ4v) is 2.28. The molecule has 1 aromatic heterocycles. The second-order valence-corrected chi connectivity index (χ2v) is 3.83. The molecule has 0 atom stereocenters. The summed E-state index contributed by atoms with van der Waals surface area (Å²) in [6.07, 6.45) is 2.18. The van der Waals surface area contributed by atoms with Crippen molar-refractivity contribution in [2.45, 2.75) is 12.8 Å². The van der Waals surface area contributed by atoms with Gasteiger partial charge < -0.3 is 5.32 Å². The Morgan fingerprint density at radius 2 is 2.13 bits per heavy atom. The largest absolute Gasteiger partial charge is 0.371 e. The van der Waals surface area contributed by atoms with E-state index >= 15 is 0 Å². The highest BCUT2D eigenvalue weighted by Crippen LogP contribution is 2.34. The summed E-state index contributed by atoms with van der Waals surface area (Å²) < 4.78 is 0. The Labute approximate surface area is 88.5 Å². The van der Waals surface area contributed by atoms with Gasteiger partial charge in [-0.3, -0.25) is 5.10 Å². The number of rotatable bonds is 1. The number of hydrogen-bond acceptors (Lipinski definition) is 2. The first-order valence-electron chi connectivity index (χ1n) is 5.23. The summed E-state index contributed by atoms with van der Waals surface area (Å²) in [5, 5.41) is 10.5. The van der Waals surface area contributed by atoms with Gasteiger partial charge in [0.25, 0.3) is 0 Å². The van der Waals surface area contributed by atoms with Crippen molar-refractivity contribution in [2.75, 3.05) is 12.4 Å². The van der Waals surface area contributed by atoms with Gasteiger partial charge >= 0.3 is 0 Å². The summed E-state index contributed by atoms with van der Waals surface area (Å²) >= 11 is 0. The molecule has 1 aliphatic carbocycles. The molecule has 0 bridgehead atoms. The highest BCUT2D eigenvalue weighted by Gasteiger charge is 2.20. The van der Waals surface area contributed by atoms with E-state index in [1.807, 2.05) is 7.05 Å². The molecule has 1 aliphatic rings. The number of benzene rings is 1. The molecule has 0 aliphatic heterocycles. The molecule has 15 heavy (non-hydrogen) atoms. The highest BCUT2D eigenvalue weighted by molar-refractivity contribution is 5.73. The number of nitrogens with one attached hydrogen (secondary N) is 2. The number of aromatic amines is 1. The van der Waals surface area contributed by atoms with Crippen molar-refractivity contribution in [3.05, 3.63) is 35.4 Å². The lowest BCUT2D eigenvalue weighted by Crippen LogP contribution is -2.04. The van der Waals surface area contributed by atoms with Crippen molar-refractivity contribution in [3.63, 3.8) is 0 Å². The molecular weight excluding hydrogens is 186 g/mol. The zero-order chi connectivity index (χ0) is 10.3. The minimum Gasteiger partial charge on any atom is -0.371 e. The van der Waals surface area contributed by atoms with Crippen molar-refractivity contribution in [3.8, 4) is 11.3 Å². The van der Waals surface area contributed by atoms with Crippen LogP contribution in [-0.2, 0) is 12.8 Å². The average molecular weight is 199 g/mol. The summed E-state index contributed by atoms with van der Waals surface area (Å²) in [6, 6.07) is 8.52. The molecule has 2 aromatic rings. The summed E-state index contributed by atoms with van der Waals surface area (Å²) in [7, 11) is 1.91. The van der Waals surface area contributed by atoms with E-state index < -0.39 is 0 Å². The maximum Gasteiger partial charge on any atom is 0.151 e. The Hall–Kier alpha value is -1.77. The predicted molar refractivity (Wildman–Crippen MR) is 61.0 cm³/mol. The Morgan fingerprint density at radius 3 is 3.00 bits per heavy atom. The van der Waals surface area contributed by atoms with Crippen LogP contribution < -0.4 is 5.32 Å². The lowest BCUT2D eigenvalue weighted by Gasteiger charge is -2.15. The third kappa shape index (κ3) is 1.16. The topological polar surface area (TPSA) is 40.7 Å². The van der Waals surface area contributed by atoms with Gasteiger partial charge in [-0.15, -0.1) is 0 Å². The van der Waals surface area contributed by atoms with Crippen LogP contribution in [0.5, 0.6) is 0 Å². The van der Waals surface area contributed by atoms with Crippen molar-refractivity contribution < 1.29 is 0 Å². The first-order valence-corrected chi connectivity index (χ1v) is 5.23. The smallest absolute Gasteiger partial charge is 0.151 e. The van der Waals surface area contributed by atoms with Gasteiger partial charge in [-0.25, -0.2) is 0 Å². The van der Waals surface area contributed by atoms with E-state index in [1.54, 1.807) is 0 Å². The van der Waals surface area contributed by atoms with Gasteiger partial charge in [-0.05, 0) is 18.4 Å². The molecular formula is C12H13N3. The third-order valence-electron chi connectivity index (χ3n) is 3.03. The first kappa shape index (κ1) is 8.53. The Morgan fingerprint density at radius 1 is 1.27 bits per heavy atom. The monoisotopic (exact) mass is 199 g/mol. The SMILES string of the molecule is CNc1n[nH]c2c1CCc1ccccc1-2. The van der Waals surface area contributed by atoms with Crippen LogP contribution in [0.1, 0.15) is 11.1 Å². The molecule has 1 aromatic carbocycles. The molecule has 3 nitrogen and oxygen atoms in total. The Bertz CT molecular complexity index is 499. The zero-order valence-electron chi connectivity index (χ0n) is 8.67. The fraction of sp³-hybridized carbons (Fsp3) is 0.250. The lowest BCUT2D eigenvalue weighted by molar-refractivity contribution is 0.942. The first-order chi connectivity index (χ1) is 7.40. The van der Waals surface area contributed by atoms with Crippen LogP contribution >= 0.6 is 0 Å². The van der Waals surface area contributed by atoms with Crippen molar-refractivity contribution in [1.29, 1.82) is 0 Å². The van der Waals surface area contributed by atoms with Gasteiger partial charge in [0.2, 0.25) is 0 Å². The standard InChI is InChI=1S/C12H13N3/c1-13-12-10-7-6-8-4-2-3-5-9(8)11(10)14-15-12/h2-5H,6-7H2,1H3,(H2,13,14,15). The second kappa shape index (κ2) is 3.12. The Balaban J connectivity index is 2.22. The van der Waals surface area contributed by atoms with Crippen LogP contribution in [0.25, 0.3) is 11.3 Å². The number of fused-ring (bicyclic) bond motifs is 3. The summed E-state index contributed by atoms with van der Waals surface area (Å²) in [5.74, 6) is 0.986. The van der Waals surface area contributed by atoms with E-state index in [2.05, 4.69) is 39.8 Å². The van der Waals surface area contributed by atoms with Crippen molar-refractivity contribution in [2.24, 2.45) is 0 Å². The van der Waals surface area contributed by atoms with E-state index in [-0.39, 0.29) is 0 Å². The average Bonchev–Trinajstić information content (AvgIpc) is 2.72. The van der Waals surface area contributed by atoms with Crippen LogP contribution in [0.15, 0.2) is 24.3 Å². The minimum atomic E-state index is 0.986. The number of aryl methyl sites for hydroxylation is 1. The molecule has 0 fully saturated rings. The zero-order valence-corrected chi connectivity index (χ0v) is 8.67. The molecule has 0 spiro atoms. The predicted octanol–water partition coefficient (Wildman–Crippen LogP) is 2.22. The molecule has 3 heteroatoms. The molecule has 2 N–H and O–H groups in total. The van der Waals surface area contributed by atoms with Gasteiger partial charge in [-0.2, -0.15) is 5.10 Å². The molecule has 1 heterocycles. The van der Waals surface area contributed by atoms with Crippen molar-refractivity contribution >= 4 is 5.82 Å². The molecule has 3 rings (SSSR count). The van der Waals surface area contributed by atoms with E-state index in [1.165, 1.54) is 22.4 Å². The summed E-state index contributed by atoms with van der Waals surface area (Å²) in [5.41, 5.74) is 5.21. The molecule has 0 amide bonds. The van der Waals surface area contributed by atoms with Crippen LogP contribution in [0.4, 0.5) is 5.82 Å². The normalized spacial score (nSPS) is 13.1. The molecule has 0 radical (unpaired) electrons. The Kier molecular flexibility index (Phi) is 1.78. The molecule has 0 unspecified atom stereocenters. The number of H-pyrrole nitrogens is 1. The van der Waals surface area contributed by atoms with Crippen LogP contribution in [0, 0.1) is 0 Å². The molecule has 76 valence electrons. The molecule has 0 saturated heterocycles. The van der Waals surface area contributed by atoms with E-state index in [4.69, 9.17) is 0 Å². The van der Waals surface area contributed by atoms with Crippen LogP contribution in [0.3, 0.4) is 0 Å². The van der Waals surface area contributed by atoms with E-state index in [0.717, 1.165) is 18.7 Å². The second-order valence-electron chi connectivity index (χ2n) is 3.83. The van der Waals surface area contributed by atoms with Crippen molar-refractivity contribution in [1.82, 2.24) is 10.2 Å². The maximum atomic E-state index is 4.28. The van der Waals surface area contributed by atoms with Gasteiger partial charge in [0.15, 0.2) is 5.82 Å². The fourth-order valence-electron chi connectivity index (χ4n) is 2.28. The quantitative estimate of drug-likeness (QED) is 0.739. The van der Waals surface area contributed by atoms with E-state index in [0.29, 0.717) is 0 Å². The highest BCUT2D eigenvalue weighted by atomic mass is 15.2. The van der Waals surface area contributed by atoms with Crippen LogP contribution in [-0.4, -0.2) is 17.2 Å². The lowest BCUT2D eigenvalue weighted by atomic mass is 9.90. The maximum absolute atomic E-state index is 4.28. The summed E-state index contributed by atoms with van der Waals surface area (Å²) in [6.45, 7) is 0. The van der Waals surface area contributed by atoms with Gasteiger partial charge in [0.1, 0.15) is 0 Å².